The van der Waals surface area contributed by atoms with E-state index in [2.05, 4.69) is 10.3 Å². The molecule has 1 amide bonds. The van der Waals surface area contributed by atoms with Gasteiger partial charge in [0, 0.05) is 32.6 Å². The fraction of sp³-hybridized carbons (Fsp3) is 0.500. The van der Waals surface area contributed by atoms with Crippen molar-refractivity contribution in [1.82, 2.24) is 4.98 Å². The molecule has 0 spiro atoms. The molecule has 0 fully saturated rings. The first kappa shape index (κ1) is 13.8. The molecule has 1 aromatic rings. The van der Waals surface area contributed by atoms with Crippen LogP contribution in [0.4, 0.5) is 11.5 Å². The summed E-state index contributed by atoms with van der Waals surface area (Å²) in [5, 5.41) is 2.86. The zero-order chi connectivity index (χ0) is 12.7. The quantitative estimate of drug-likeness (QED) is 0.628. The van der Waals surface area contributed by atoms with Crippen molar-refractivity contribution in [2.45, 2.75) is 19.3 Å². The van der Waals surface area contributed by atoms with Crippen molar-refractivity contribution in [2.75, 3.05) is 30.2 Å². The van der Waals surface area contributed by atoms with Crippen molar-refractivity contribution in [3.05, 3.63) is 18.3 Å². The molecular weight excluding hydrogens is 238 g/mol. The minimum absolute atomic E-state index is 0.00576. The van der Waals surface area contributed by atoms with E-state index in [0.717, 1.165) is 24.3 Å². The van der Waals surface area contributed by atoms with Crippen molar-refractivity contribution < 1.29 is 4.79 Å². The largest absolute Gasteiger partial charge is 0.361 e. The van der Waals surface area contributed by atoms with E-state index in [4.69, 9.17) is 11.6 Å². The Hall–Kier alpha value is -1.29. The van der Waals surface area contributed by atoms with Crippen LogP contribution in [0, 0.1) is 0 Å². The van der Waals surface area contributed by atoms with Crippen LogP contribution in [0.3, 0.4) is 0 Å². The second-order valence-electron chi connectivity index (χ2n) is 3.96. The van der Waals surface area contributed by atoms with Crippen molar-refractivity contribution in [2.24, 2.45) is 0 Å². The first-order chi connectivity index (χ1) is 8.15. The summed E-state index contributed by atoms with van der Waals surface area (Å²) in [7, 11) is 3.79. The molecule has 5 heteroatoms. The van der Waals surface area contributed by atoms with Crippen LogP contribution in [-0.4, -0.2) is 30.9 Å². The lowest BCUT2D eigenvalue weighted by Crippen LogP contribution is -2.17. The minimum Gasteiger partial charge on any atom is -0.361 e. The third-order valence-corrected chi connectivity index (χ3v) is 2.54. The van der Waals surface area contributed by atoms with Gasteiger partial charge < -0.3 is 10.2 Å². The smallest absolute Gasteiger partial charge is 0.224 e. The predicted octanol–water partition coefficient (Wildman–Crippen LogP) is 2.50. The zero-order valence-corrected chi connectivity index (χ0v) is 11.0. The van der Waals surface area contributed by atoms with Crippen LogP contribution in [0.5, 0.6) is 0 Å². The first-order valence-electron chi connectivity index (χ1n) is 5.63. The van der Waals surface area contributed by atoms with Gasteiger partial charge in [0.15, 0.2) is 5.82 Å². The van der Waals surface area contributed by atoms with Gasteiger partial charge in [0.25, 0.3) is 0 Å². The van der Waals surface area contributed by atoms with E-state index in [1.807, 2.05) is 25.1 Å². The lowest BCUT2D eigenvalue weighted by Gasteiger charge is -2.16. The van der Waals surface area contributed by atoms with Gasteiger partial charge in [-0.3, -0.25) is 4.79 Å². The Morgan fingerprint density at radius 2 is 2.24 bits per heavy atom. The summed E-state index contributed by atoms with van der Waals surface area (Å²) in [6, 6.07) is 3.66. The van der Waals surface area contributed by atoms with Crippen LogP contribution >= 0.6 is 11.6 Å². The lowest BCUT2D eigenvalue weighted by atomic mass is 10.2. The maximum atomic E-state index is 11.7. The Balaban J connectivity index is 2.58. The Bertz CT molecular complexity index is 369. The van der Waals surface area contributed by atoms with Gasteiger partial charge >= 0.3 is 0 Å². The Morgan fingerprint density at radius 1 is 1.47 bits per heavy atom. The highest BCUT2D eigenvalue weighted by Crippen LogP contribution is 2.20. The number of aromatic nitrogens is 1. The number of nitrogens with zero attached hydrogens (tertiary/aromatic N) is 2. The highest BCUT2D eigenvalue weighted by atomic mass is 35.5. The number of nitrogens with one attached hydrogen (secondary N) is 1. The molecule has 0 saturated heterocycles. The predicted molar refractivity (Wildman–Crippen MR) is 71.8 cm³/mol. The standard InChI is InChI=1S/C12H18ClN3O/c1-16(2)12-10(6-5-9-14-12)15-11(17)7-3-4-8-13/h5-6,9H,3-4,7-8H2,1-2H3,(H,15,17). The molecular formula is C12H18ClN3O. The Morgan fingerprint density at radius 3 is 2.88 bits per heavy atom. The number of rotatable bonds is 6. The number of alkyl halides is 1. The minimum atomic E-state index is 0.00576. The average molecular weight is 256 g/mol. The Labute approximate surface area is 107 Å². The number of carbonyl (C=O) groups is 1. The van der Waals surface area contributed by atoms with E-state index < -0.39 is 0 Å². The van der Waals surface area contributed by atoms with E-state index in [9.17, 15) is 4.79 Å². The number of unbranched alkanes of at least 4 members (excludes halogenated alkanes) is 1. The normalized spacial score (nSPS) is 10.1. The van der Waals surface area contributed by atoms with E-state index in [1.54, 1.807) is 12.3 Å². The molecule has 1 N–H and O–H groups in total. The summed E-state index contributed by atoms with van der Waals surface area (Å²) in [5.41, 5.74) is 0.744. The van der Waals surface area contributed by atoms with Crippen molar-refractivity contribution in [3.63, 3.8) is 0 Å². The zero-order valence-electron chi connectivity index (χ0n) is 10.2. The lowest BCUT2D eigenvalue weighted by molar-refractivity contribution is -0.116. The van der Waals surface area contributed by atoms with Crippen LogP contribution in [0.15, 0.2) is 18.3 Å². The fourth-order valence-corrected chi connectivity index (χ4v) is 1.63. The molecule has 0 aliphatic heterocycles. The maximum absolute atomic E-state index is 11.7. The van der Waals surface area contributed by atoms with E-state index >= 15 is 0 Å². The summed E-state index contributed by atoms with van der Waals surface area (Å²) in [6.07, 6.45) is 3.88. The van der Waals surface area contributed by atoms with E-state index in [1.165, 1.54) is 0 Å². The molecule has 0 unspecified atom stereocenters. The van der Waals surface area contributed by atoms with Crippen molar-refractivity contribution >= 4 is 29.0 Å². The van der Waals surface area contributed by atoms with E-state index in [-0.39, 0.29) is 5.91 Å². The summed E-state index contributed by atoms with van der Waals surface area (Å²) in [5.74, 6) is 1.37. The third kappa shape index (κ3) is 4.61. The summed E-state index contributed by atoms with van der Waals surface area (Å²) in [6.45, 7) is 0. The number of hydrogen-bond donors (Lipinski definition) is 1. The van der Waals surface area contributed by atoms with Gasteiger partial charge in [-0.2, -0.15) is 0 Å². The molecule has 1 aromatic heterocycles. The van der Waals surface area contributed by atoms with E-state index in [0.29, 0.717) is 12.3 Å². The average Bonchev–Trinajstić information content (AvgIpc) is 2.29. The van der Waals surface area contributed by atoms with Gasteiger partial charge in [0.1, 0.15) is 0 Å². The second kappa shape index (κ2) is 7.12. The van der Waals surface area contributed by atoms with Gasteiger partial charge in [-0.25, -0.2) is 4.98 Å². The van der Waals surface area contributed by atoms with Crippen LogP contribution in [-0.2, 0) is 4.79 Å². The molecule has 1 heterocycles. The number of halogens is 1. The van der Waals surface area contributed by atoms with Gasteiger partial charge in [-0.1, -0.05) is 0 Å². The summed E-state index contributed by atoms with van der Waals surface area (Å²) < 4.78 is 0. The second-order valence-corrected chi connectivity index (χ2v) is 4.34. The maximum Gasteiger partial charge on any atom is 0.224 e. The molecule has 4 nitrogen and oxygen atoms in total. The highest BCUT2D eigenvalue weighted by molar-refractivity contribution is 6.17. The van der Waals surface area contributed by atoms with Gasteiger partial charge in [0.2, 0.25) is 5.91 Å². The number of pyridine rings is 1. The molecule has 0 radical (unpaired) electrons. The molecule has 1 rings (SSSR count). The molecule has 17 heavy (non-hydrogen) atoms. The molecule has 0 atom stereocenters. The number of carbonyl (C=O) groups excluding carboxylic acids is 1. The van der Waals surface area contributed by atoms with Crippen molar-refractivity contribution in [1.29, 1.82) is 0 Å². The molecule has 94 valence electrons. The van der Waals surface area contributed by atoms with Gasteiger partial charge in [-0.15, -0.1) is 11.6 Å². The fourth-order valence-electron chi connectivity index (χ4n) is 1.44. The van der Waals surface area contributed by atoms with Crippen LogP contribution in [0.2, 0.25) is 0 Å². The SMILES string of the molecule is CN(C)c1ncccc1NC(=O)CCCCCl. The molecule has 0 saturated carbocycles. The molecule has 0 aliphatic rings. The third-order valence-electron chi connectivity index (χ3n) is 2.27. The van der Waals surface area contributed by atoms with Gasteiger partial charge in [-0.05, 0) is 25.0 Å². The summed E-state index contributed by atoms with van der Waals surface area (Å²) >= 11 is 5.56. The Kier molecular flexibility index (Phi) is 5.77. The number of anilines is 2. The van der Waals surface area contributed by atoms with Crippen LogP contribution < -0.4 is 10.2 Å². The van der Waals surface area contributed by atoms with Crippen molar-refractivity contribution in [3.8, 4) is 0 Å². The topological polar surface area (TPSA) is 45.2 Å². The highest BCUT2D eigenvalue weighted by Gasteiger charge is 2.08. The molecule has 0 aliphatic carbocycles. The van der Waals surface area contributed by atoms with Crippen LogP contribution in [0.1, 0.15) is 19.3 Å². The first-order valence-corrected chi connectivity index (χ1v) is 6.16. The summed E-state index contributed by atoms with van der Waals surface area (Å²) in [4.78, 5) is 17.7. The van der Waals surface area contributed by atoms with Crippen LogP contribution in [0.25, 0.3) is 0 Å². The number of amides is 1. The number of hydrogen-bond acceptors (Lipinski definition) is 3. The molecule has 0 aromatic carbocycles. The molecule has 0 bridgehead atoms. The monoisotopic (exact) mass is 255 g/mol. The van der Waals surface area contributed by atoms with Gasteiger partial charge in [0.05, 0.1) is 5.69 Å².